The second kappa shape index (κ2) is 9.57. The average molecular weight is 359 g/mol. The standard InChI is InChI=1S/C20H29N3O3/c24-19(9-16-26-18-7-3-1-4-8-18)23-14-12-21(13-15-23)17-20(25)22-10-5-2-6-11-22/h1,3-4,7-8H,2,5-6,9-17H2. The van der Waals surface area contributed by atoms with Crippen molar-refractivity contribution < 1.29 is 14.3 Å². The number of rotatable bonds is 6. The van der Waals surface area contributed by atoms with Crippen molar-refractivity contribution in [2.24, 2.45) is 0 Å². The first-order valence-corrected chi connectivity index (χ1v) is 9.68. The van der Waals surface area contributed by atoms with Gasteiger partial charge in [0.2, 0.25) is 11.8 Å². The van der Waals surface area contributed by atoms with E-state index in [0.717, 1.165) is 44.8 Å². The molecule has 2 fully saturated rings. The second-order valence-corrected chi connectivity index (χ2v) is 7.01. The van der Waals surface area contributed by atoms with Crippen LogP contribution in [0.3, 0.4) is 0 Å². The van der Waals surface area contributed by atoms with Crippen LogP contribution < -0.4 is 4.74 Å². The topological polar surface area (TPSA) is 53.1 Å². The van der Waals surface area contributed by atoms with Gasteiger partial charge in [0.1, 0.15) is 5.75 Å². The molecule has 0 atom stereocenters. The number of nitrogens with zero attached hydrogens (tertiary/aromatic N) is 3. The highest BCUT2D eigenvalue weighted by atomic mass is 16.5. The van der Waals surface area contributed by atoms with E-state index in [4.69, 9.17) is 4.74 Å². The Hall–Kier alpha value is -2.08. The van der Waals surface area contributed by atoms with Gasteiger partial charge in [0.25, 0.3) is 0 Å². The van der Waals surface area contributed by atoms with Crippen LogP contribution in [-0.2, 0) is 9.59 Å². The number of piperazine rings is 1. The summed E-state index contributed by atoms with van der Waals surface area (Å²) in [7, 11) is 0. The Labute approximate surface area is 155 Å². The molecule has 0 aliphatic carbocycles. The minimum atomic E-state index is 0.128. The van der Waals surface area contributed by atoms with Crippen LogP contribution in [0.5, 0.6) is 5.75 Å². The van der Waals surface area contributed by atoms with E-state index in [0.29, 0.717) is 32.7 Å². The van der Waals surface area contributed by atoms with Crippen molar-refractivity contribution in [2.45, 2.75) is 25.7 Å². The number of hydrogen-bond donors (Lipinski definition) is 0. The fraction of sp³-hybridized carbons (Fsp3) is 0.600. The lowest BCUT2D eigenvalue weighted by Crippen LogP contribution is -2.52. The van der Waals surface area contributed by atoms with Crippen LogP contribution in [-0.4, -0.2) is 78.9 Å². The van der Waals surface area contributed by atoms with E-state index in [2.05, 4.69) is 4.90 Å². The highest BCUT2D eigenvalue weighted by Crippen LogP contribution is 2.11. The monoisotopic (exact) mass is 359 g/mol. The van der Waals surface area contributed by atoms with Gasteiger partial charge in [-0.1, -0.05) is 18.2 Å². The van der Waals surface area contributed by atoms with Gasteiger partial charge in [0.15, 0.2) is 0 Å². The van der Waals surface area contributed by atoms with E-state index in [9.17, 15) is 9.59 Å². The number of ether oxygens (including phenoxy) is 1. The molecule has 1 aromatic rings. The van der Waals surface area contributed by atoms with Gasteiger partial charge in [-0.2, -0.15) is 0 Å². The summed E-state index contributed by atoms with van der Waals surface area (Å²) < 4.78 is 5.60. The molecule has 6 heteroatoms. The Bertz CT molecular complexity index is 579. The third-order valence-electron chi connectivity index (χ3n) is 5.12. The molecule has 1 aromatic carbocycles. The van der Waals surface area contributed by atoms with Crippen molar-refractivity contribution in [1.82, 2.24) is 14.7 Å². The highest BCUT2D eigenvalue weighted by molar-refractivity contribution is 5.78. The number of carbonyl (C=O) groups is 2. The van der Waals surface area contributed by atoms with Crippen molar-refractivity contribution in [1.29, 1.82) is 0 Å². The zero-order valence-corrected chi connectivity index (χ0v) is 15.4. The highest BCUT2D eigenvalue weighted by Gasteiger charge is 2.24. The molecule has 2 aliphatic rings. The van der Waals surface area contributed by atoms with E-state index >= 15 is 0 Å². The largest absolute Gasteiger partial charge is 0.493 e. The van der Waals surface area contributed by atoms with Crippen molar-refractivity contribution in [2.75, 3.05) is 52.4 Å². The van der Waals surface area contributed by atoms with Crippen molar-refractivity contribution in [3.8, 4) is 5.75 Å². The van der Waals surface area contributed by atoms with Gasteiger partial charge in [-0.05, 0) is 31.4 Å². The maximum absolute atomic E-state index is 12.3. The van der Waals surface area contributed by atoms with Gasteiger partial charge in [-0.25, -0.2) is 0 Å². The molecule has 0 radical (unpaired) electrons. The molecule has 2 saturated heterocycles. The molecular weight excluding hydrogens is 330 g/mol. The Balaban J connectivity index is 1.33. The van der Waals surface area contributed by atoms with Gasteiger partial charge >= 0.3 is 0 Å². The maximum Gasteiger partial charge on any atom is 0.236 e. The van der Waals surface area contributed by atoms with Crippen LogP contribution in [0.1, 0.15) is 25.7 Å². The third kappa shape index (κ3) is 5.46. The summed E-state index contributed by atoms with van der Waals surface area (Å²) in [5.41, 5.74) is 0. The van der Waals surface area contributed by atoms with Gasteiger partial charge in [0, 0.05) is 39.3 Å². The Morgan fingerprint density at radius 1 is 0.808 bits per heavy atom. The first-order valence-electron chi connectivity index (χ1n) is 9.68. The Kier molecular flexibility index (Phi) is 6.89. The fourth-order valence-corrected chi connectivity index (χ4v) is 3.52. The fourth-order valence-electron chi connectivity index (χ4n) is 3.52. The summed E-state index contributed by atoms with van der Waals surface area (Å²) in [5.74, 6) is 1.16. The number of benzene rings is 1. The summed E-state index contributed by atoms with van der Waals surface area (Å²) in [4.78, 5) is 30.7. The summed E-state index contributed by atoms with van der Waals surface area (Å²) in [5, 5.41) is 0. The van der Waals surface area contributed by atoms with Gasteiger partial charge < -0.3 is 14.5 Å². The Morgan fingerprint density at radius 2 is 1.46 bits per heavy atom. The number of hydrogen-bond acceptors (Lipinski definition) is 4. The smallest absolute Gasteiger partial charge is 0.236 e. The summed E-state index contributed by atoms with van der Waals surface area (Å²) in [6.45, 7) is 5.61. The molecule has 0 bridgehead atoms. The van der Waals surface area contributed by atoms with Crippen LogP contribution in [0.2, 0.25) is 0 Å². The molecule has 2 aliphatic heterocycles. The van der Waals surface area contributed by atoms with Crippen LogP contribution in [0.4, 0.5) is 0 Å². The van der Waals surface area contributed by atoms with Gasteiger partial charge in [-0.3, -0.25) is 14.5 Å². The number of amides is 2. The molecule has 6 nitrogen and oxygen atoms in total. The van der Waals surface area contributed by atoms with Crippen molar-refractivity contribution in [3.63, 3.8) is 0 Å². The van der Waals surface area contributed by atoms with Gasteiger partial charge in [-0.15, -0.1) is 0 Å². The van der Waals surface area contributed by atoms with Crippen molar-refractivity contribution >= 4 is 11.8 Å². The summed E-state index contributed by atoms with van der Waals surface area (Å²) >= 11 is 0. The molecule has 0 saturated carbocycles. The van der Waals surface area contributed by atoms with E-state index < -0.39 is 0 Å². The number of para-hydroxylation sites is 1. The van der Waals surface area contributed by atoms with Crippen molar-refractivity contribution in [3.05, 3.63) is 30.3 Å². The summed E-state index contributed by atoms with van der Waals surface area (Å²) in [6, 6.07) is 9.56. The zero-order valence-electron chi connectivity index (χ0n) is 15.4. The molecule has 0 unspecified atom stereocenters. The molecule has 26 heavy (non-hydrogen) atoms. The van der Waals surface area contributed by atoms with Crippen LogP contribution in [0, 0.1) is 0 Å². The van der Waals surface area contributed by atoms with Crippen LogP contribution >= 0.6 is 0 Å². The minimum Gasteiger partial charge on any atom is -0.493 e. The van der Waals surface area contributed by atoms with E-state index in [-0.39, 0.29) is 11.8 Å². The number of likely N-dealkylation sites (tertiary alicyclic amines) is 1. The molecule has 2 amide bonds. The van der Waals surface area contributed by atoms with E-state index in [1.807, 2.05) is 40.1 Å². The molecule has 0 N–H and O–H groups in total. The molecular formula is C20H29N3O3. The first kappa shape index (κ1) is 18.7. The maximum atomic E-state index is 12.3. The predicted octanol–water partition coefficient (Wildman–Crippen LogP) is 1.61. The predicted molar refractivity (Wildman–Crippen MR) is 100 cm³/mol. The van der Waals surface area contributed by atoms with Gasteiger partial charge in [0.05, 0.1) is 19.6 Å². The Morgan fingerprint density at radius 3 is 2.15 bits per heavy atom. The van der Waals surface area contributed by atoms with Crippen LogP contribution in [0.25, 0.3) is 0 Å². The molecule has 0 aromatic heterocycles. The number of carbonyl (C=O) groups excluding carboxylic acids is 2. The average Bonchev–Trinajstić information content (AvgIpc) is 2.70. The lowest BCUT2D eigenvalue weighted by Gasteiger charge is -2.36. The summed E-state index contributed by atoms with van der Waals surface area (Å²) in [6.07, 6.45) is 3.87. The van der Waals surface area contributed by atoms with Crippen LogP contribution in [0.15, 0.2) is 30.3 Å². The second-order valence-electron chi connectivity index (χ2n) is 7.01. The minimum absolute atomic E-state index is 0.128. The molecule has 2 heterocycles. The SMILES string of the molecule is O=C(CCOc1ccccc1)N1CCN(CC(=O)N2CCCCC2)CC1. The first-order chi connectivity index (χ1) is 12.7. The lowest BCUT2D eigenvalue weighted by molar-refractivity contribution is -0.135. The molecule has 3 rings (SSSR count). The molecule has 142 valence electrons. The lowest BCUT2D eigenvalue weighted by atomic mass is 10.1. The normalized spacial score (nSPS) is 18.6. The third-order valence-corrected chi connectivity index (χ3v) is 5.12. The quantitative estimate of drug-likeness (QED) is 0.774. The zero-order chi connectivity index (χ0) is 18.2. The van der Waals surface area contributed by atoms with E-state index in [1.54, 1.807) is 0 Å². The molecule has 0 spiro atoms. The number of piperidine rings is 1. The van der Waals surface area contributed by atoms with E-state index in [1.165, 1.54) is 6.42 Å².